The molecule has 0 saturated heterocycles. The molecule has 0 aliphatic carbocycles. The molecule has 150 valence electrons. The molecule has 10 heteroatoms. The number of carbonyl (C=O) groups is 2. The second kappa shape index (κ2) is 9.72. The average Bonchev–Trinajstić information content (AvgIpc) is 2.71. The molecule has 2 aromatic rings. The molecule has 0 heterocycles. The second-order valence-electron chi connectivity index (χ2n) is 5.34. The molecule has 0 bridgehead atoms. The van der Waals surface area contributed by atoms with E-state index in [2.05, 4.69) is 5.43 Å². The van der Waals surface area contributed by atoms with Crippen LogP contribution in [-0.2, 0) is 19.6 Å². The van der Waals surface area contributed by atoms with Gasteiger partial charge in [0.1, 0.15) is 0 Å². The molecule has 28 heavy (non-hydrogen) atoms. The van der Waals surface area contributed by atoms with E-state index >= 15 is 0 Å². The van der Waals surface area contributed by atoms with Gasteiger partial charge in [-0.3, -0.25) is 10.2 Å². The average molecular weight is 408 g/mol. The second-order valence-corrected chi connectivity index (χ2v) is 7.02. The van der Waals surface area contributed by atoms with Crippen LogP contribution in [0.2, 0.25) is 0 Å². The molecule has 0 atom stereocenters. The van der Waals surface area contributed by atoms with Crippen molar-refractivity contribution < 1.29 is 32.2 Å². The number of benzene rings is 2. The zero-order chi connectivity index (χ0) is 20.6. The molecule has 0 radical (unpaired) electrons. The van der Waals surface area contributed by atoms with Gasteiger partial charge in [-0.25, -0.2) is 13.2 Å². The minimum atomic E-state index is -4.02. The topological polar surface area (TPSA) is 120 Å². The lowest BCUT2D eigenvalue weighted by Crippen LogP contribution is -2.43. The Bertz CT molecular complexity index is 927. The van der Waals surface area contributed by atoms with Gasteiger partial charge in [0, 0.05) is 0 Å². The summed E-state index contributed by atoms with van der Waals surface area (Å²) in [6.45, 7) is 1.45. The van der Waals surface area contributed by atoms with E-state index in [0.29, 0.717) is 11.5 Å². The minimum absolute atomic E-state index is 0.133. The van der Waals surface area contributed by atoms with Gasteiger partial charge in [0.25, 0.3) is 15.9 Å². The fraction of sp³-hybridized carbons (Fsp3) is 0.222. The first-order valence-corrected chi connectivity index (χ1v) is 9.69. The van der Waals surface area contributed by atoms with E-state index in [4.69, 9.17) is 14.2 Å². The summed E-state index contributed by atoms with van der Waals surface area (Å²) >= 11 is 0. The molecular weight excluding hydrogens is 388 g/mol. The molecule has 2 rings (SSSR count). The zero-order valence-corrected chi connectivity index (χ0v) is 16.1. The van der Waals surface area contributed by atoms with Crippen molar-refractivity contribution in [2.24, 2.45) is 0 Å². The highest BCUT2D eigenvalue weighted by Gasteiger charge is 2.17. The fourth-order valence-corrected chi connectivity index (χ4v) is 2.95. The number of esters is 1. The van der Waals surface area contributed by atoms with E-state index in [1.807, 2.05) is 4.83 Å². The number of rotatable bonds is 9. The van der Waals surface area contributed by atoms with Crippen LogP contribution in [0.3, 0.4) is 0 Å². The normalized spacial score (nSPS) is 10.8. The highest BCUT2D eigenvalue weighted by atomic mass is 32.2. The third-order valence-corrected chi connectivity index (χ3v) is 4.69. The number of hydrazine groups is 1. The van der Waals surface area contributed by atoms with Crippen molar-refractivity contribution in [3.8, 4) is 11.5 Å². The Kier molecular flexibility index (Phi) is 7.36. The van der Waals surface area contributed by atoms with Crippen molar-refractivity contribution in [1.29, 1.82) is 0 Å². The monoisotopic (exact) mass is 408 g/mol. The Balaban J connectivity index is 1.91. The van der Waals surface area contributed by atoms with E-state index in [1.165, 1.54) is 31.4 Å². The molecular formula is C18H20N2O7S. The summed E-state index contributed by atoms with van der Waals surface area (Å²) in [6, 6.07) is 11.8. The van der Waals surface area contributed by atoms with Gasteiger partial charge in [-0.1, -0.05) is 12.1 Å². The summed E-state index contributed by atoms with van der Waals surface area (Å²) in [5.41, 5.74) is 2.27. The Morgan fingerprint density at radius 3 is 2.25 bits per heavy atom. The third kappa shape index (κ3) is 5.69. The molecule has 0 aliphatic heterocycles. The minimum Gasteiger partial charge on any atom is -0.493 e. The highest BCUT2D eigenvalue weighted by Crippen LogP contribution is 2.25. The number of methoxy groups -OCH3 is 1. The molecule has 0 fully saturated rings. The van der Waals surface area contributed by atoms with Crippen molar-refractivity contribution >= 4 is 21.9 Å². The van der Waals surface area contributed by atoms with Gasteiger partial charge in [0.05, 0.1) is 24.2 Å². The predicted octanol–water partition coefficient (Wildman–Crippen LogP) is 1.26. The molecule has 0 saturated carbocycles. The van der Waals surface area contributed by atoms with Crippen molar-refractivity contribution in [2.45, 2.75) is 11.8 Å². The Labute approximate surface area is 162 Å². The summed E-state index contributed by atoms with van der Waals surface area (Å²) in [5.74, 6) is -0.478. The molecule has 0 unspecified atom stereocenters. The van der Waals surface area contributed by atoms with Crippen LogP contribution in [0, 0.1) is 0 Å². The maximum atomic E-state index is 12.2. The lowest BCUT2D eigenvalue weighted by Gasteiger charge is -2.11. The number of nitrogens with one attached hydrogen (secondary N) is 2. The molecule has 9 nitrogen and oxygen atoms in total. The smallest absolute Gasteiger partial charge is 0.338 e. The fourth-order valence-electron chi connectivity index (χ4n) is 2.09. The van der Waals surface area contributed by atoms with Gasteiger partial charge >= 0.3 is 5.97 Å². The molecule has 2 aromatic carbocycles. The van der Waals surface area contributed by atoms with Crippen molar-refractivity contribution in [3.63, 3.8) is 0 Å². The molecule has 0 spiro atoms. The third-order valence-electron chi connectivity index (χ3n) is 3.43. The predicted molar refractivity (Wildman–Crippen MR) is 99.4 cm³/mol. The number of carbonyl (C=O) groups excluding carboxylic acids is 2. The maximum Gasteiger partial charge on any atom is 0.338 e. The molecule has 1 amide bonds. The van der Waals surface area contributed by atoms with Crippen LogP contribution < -0.4 is 19.7 Å². The first-order chi connectivity index (χ1) is 13.4. The van der Waals surface area contributed by atoms with Crippen LogP contribution in [0.15, 0.2) is 53.4 Å². The molecule has 0 aliphatic rings. The number of sulfonamides is 1. The summed E-state index contributed by atoms with van der Waals surface area (Å²) in [6.07, 6.45) is 0. The van der Waals surface area contributed by atoms with E-state index in [9.17, 15) is 18.0 Å². The lowest BCUT2D eigenvalue weighted by molar-refractivity contribution is -0.123. The number of amides is 1. The Morgan fingerprint density at radius 2 is 1.64 bits per heavy atom. The van der Waals surface area contributed by atoms with Crippen LogP contribution >= 0.6 is 0 Å². The Hall–Kier alpha value is -3.11. The van der Waals surface area contributed by atoms with Gasteiger partial charge in [0.15, 0.2) is 18.1 Å². The van der Waals surface area contributed by atoms with Gasteiger partial charge in [-0.15, -0.1) is 4.83 Å². The zero-order valence-electron chi connectivity index (χ0n) is 15.3. The summed E-state index contributed by atoms with van der Waals surface area (Å²) in [4.78, 5) is 25.3. The number of hydrogen-bond donors (Lipinski definition) is 2. The summed E-state index contributed by atoms with van der Waals surface area (Å²) in [5, 5.41) is 0. The first kappa shape index (κ1) is 21.2. The van der Waals surface area contributed by atoms with E-state index in [1.54, 1.807) is 31.2 Å². The summed E-state index contributed by atoms with van der Waals surface area (Å²) < 4.78 is 39.7. The van der Waals surface area contributed by atoms with Crippen LogP contribution in [0.5, 0.6) is 11.5 Å². The van der Waals surface area contributed by atoms with E-state index < -0.39 is 28.5 Å². The standard InChI is InChI=1S/C18H20N2O7S/c1-3-26-18(22)13-8-10-14(11-9-13)28(23,24)20-19-17(21)12-27-16-7-5-4-6-15(16)25-2/h4-11,20H,3,12H2,1-2H3,(H,19,21). The van der Waals surface area contributed by atoms with Gasteiger partial charge in [-0.2, -0.15) is 0 Å². The summed E-state index contributed by atoms with van der Waals surface area (Å²) in [7, 11) is -2.56. The maximum absolute atomic E-state index is 12.2. The number of ether oxygens (including phenoxy) is 3. The van der Waals surface area contributed by atoms with E-state index in [0.717, 1.165) is 0 Å². The molecule has 2 N–H and O–H groups in total. The first-order valence-electron chi connectivity index (χ1n) is 8.21. The number of para-hydroxylation sites is 2. The number of hydrogen-bond acceptors (Lipinski definition) is 7. The van der Waals surface area contributed by atoms with Crippen LogP contribution in [0.4, 0.5) is 0 Å². The molecule has 0 aromatic heterocycles. The van der Waals surface area contributed by atoms with Crippen molar-refractivity contribution in [1.82, 2.24) is 10.3 Å². The van der Waals surface area contributed by atoms with Gasteiger partial charge in [-0.05, 0) is 43.3 Å². The van der Waals surface area contributed by atoms with E-state index in [-0.39, 0.29) is 17.1 Å². The van der Waals surface area contributed by atoms with Crippen LogP contribution in [-0.4, -0.2) is 40.6 Å². The lowest BCUT2D eigenvalue weighted by atomic mass is 10.2. The Morgan fingerprint density at radius 1 is 1.00 bits per heavy atom. The van der Waals surface area contributed by atoms with Crippen LogP contribution in [0.1, 0.15) is 17.3 Å². The van der Waals surface area contributed by atoms with Crippen molar-refractivity contribution in [3.05, 3.63) is 54.1 Å². The van der Waals surface area contributed by atoms with Gasteiger partial charge in [0.2, 0.25) is 0 Å². The van der Waals surface area contributed by atoms with Crippen molar-refractivity contribution in [2.75, 3.05) is 20.3 Å². The van der Waals surface area contributed by atoms with Gasteiger partial charge < -0.3 is 14.2 Å². The quantitative estimate of drug-likeness (QED) is 0.473. The highest BCUT2D eigenvalue weighted by molar-refractivity contribution is 7.89. The van der Waals surface area contributed by atoms with Crippen LogP contribution in [0.25, 0.3) is 0 Å². The SMILES string of the molecule is CCOC(=O)c1ccc(S(=O)(=O)NNC(=O)COc2ccccc2OC)cc1. The largest absolute Gasteiger partial charge is 0.493 e.